The minimum absolute atomic E-state index is 0.261. The molecule has 1 aromatic heterocycles. The molecule has 0 aliphatic carbocycles. The zero-order valence-electron chi connectivity index (χ0n) is 16.1. The van der Waals surface area contributed by atoms with Crippen LogP contribution in [-0.4, -0.2) is 22.7 Å². The Bertz CT molecular complexity index is 1160. The molecule has 0 aliphatic heterocycles. The largest absolute Gasteiger partial charge is 0.494 e. The third kappa shape index (κ3) is 4.34. The van der Waals surface area contributed by atoms with E-state index in [0.29, 0.717) is 34.3 Å². The number of nitrogens with one attached hydrogen (secondary N) is 1. The first kappa shape index (κ1) is 19.7. The molecule has 4 aromatic rings. The Balaban J connectivity index is 1.58. The summed E-state index contributed by atoms with van der Waals surface area (Å²) in [7, 11) is 0. The number of hydrogen-bond donors (Lipinski definition) is 1. The molecule has 1 N–H and O–H groups in total. The van der Waals surface area contributed by atoms with E-state index >= 15 is 0 Å². The van der Waals surface area contributed by atoms with Crippen LogP contribution in [0.1, 0.15) is 17.3 Å². The van der Waals surface area contributed by atoms with E-state index in [1.165, 1.54) is 0 Å². The molecule has 1 amide bonds. The van der Waals surface area contributed by atoms with E-state index in [9.17, 15) is 4.79 Å². The predicted octanol–water partition coefficient (Wildman–Crippen LogP) is 5.71. The molecule has 6 nitrogen and oxygen atoms in total. The third-order valence-corrected chi connectivity index (χ3v) is 4.61. The molecule has 0 atom stereocenters. The standard InChI is InChI=1S/C23H18ClN3O3/c1-2-29-18-13-11-17(12-14-18)25-22(28)19-5-3-4-6-20(19)23-26-21(27-30-23)15-7-9-16(24)10-8-15/h3-14H,2H2,1H3,(H,25,28). The Labute approximate surface area is 178 Å². The van der Waals surface area contributed by atoms with E-state index in [1.54, 1.807) is 54.6 Å². The number of benzene rings is 3. The molecule has 0 saturated heterocycles. The molecule has 0 fully saturated rings. The SMILES string of the molecule is CCOc1ccc(NC(=O)c2ccccc2-c2nc(-c3ccc(Cl)cc3)no2)cc1. The zero-order chi connectivity index (χ0) is 20.9. The monoisotopic (exact) mass is 419 g/mol. The van der Waals surface area contributed by atoms with Crippen molar-refractivity contribution >= 4 is 23.2 Å². The van der Waals surface area contributed by atoms with Crippen molar-refractivity contribution in [2.75, 3.05) is 11.9 Å². The maximum atomic E-state index is 12.9. The lowest BCUT2D eigenvalue weighted by Crippen LogP contribution is -2.13. The lowest BCUT2D eigenvalue weighted by Gasteiger charge is -2.09. The molecule has 0 radical (unpaired) electrons. The van der Waals surface area contributed by atoms with Gasteiger partial charge in [0, 0.05) is 16.3 Å². The molecule has 0 spiro atoms. The van der Waals surface area contributed by atoms with Crippen LogP contribution in [0.2, 0.25) is 5.02 Å². The summed E-state index contributed by atoms with van der Waals surface area (Å²) in [6, 6.07) is 21.4. The minimum atomic E-state index is -0.277. The van der Waals surface area contributed by atoms with Crippen LogP contribution in [0.25, 0.3) is 22.8 Å². The van der Waals surface area contributed by atoms with Crippen LogP contribution in [0.3, 0.4) is 0 Å². The molecule has 150 valence electrons. The Morgan fingerprint density at radius 2 is 1.77 bits per heavy atom. The lowest BCUT2D eigenvalue weighted by molar-refractivity contribution is 0.102. The highest BCUT2D eigenvalue weighted by atomic mass is 35.5. The molecule has 1 heterocycles. The van der Waals surface area contributed by atoms with Crippen LogP contribution < -0.4 is 10.1 Å². The van der Waals surface area contributed by atoms with Gasteiger partial charge in [-0.25, -0.2) is 0 Å². The van der Waals surface area contributed by atoms with Gasteiger partial charge in [0.05, 0.1) is 17.7 Å². The van der Waals surface area contributed by atoms with Gasteiger partial charge in [-0.05, 0) is 67.6 Å². The van der Waals surface area contributed by atoms with Gasteiger partial charge in [0.2, 0.25) is 5.82 Å². The Hall–Kier alpha value is -3.64. The van der Waals surface area contributed by atoms with Gasteiger partial charge in [-0.1, -0.05) is 28.9 Å². The fourth-order valence-electron chi connectivity index (χ4n) is 2.92. The number of amides is 1. The molecule has 0 bridgehead atoms. The highest BCUT2D eigenvalue weighted by Crippen LogP contribution is 2.27. The molecule has 4 rings (SSSR count). The van der Waals surface area contributed by atoms with E-state index in [1.807, 2.05) is 25.1 Å². The fraction of sp³-hybridized carbons (Fsp3) is 0.0870. The number of nitrogens with zero attached hydrogens (tertiary/aromatic N) is 2. The van der Waals surface area contributed by atoms with Gasteiger partial charge >= 0.3 is 0 Å². The number of rotatable bonds is 6. The summed E-state index contributed by atoms with van der Waals surface area (Å²) in [4.78, 5) is 17.3. The quantitative estimate of drug-likeness (QED) is 0.433. The summed E-state index contributed by atoms with van der Waals surface area (Å²) < 4.78 is 10.9. The number of aromatic nitrogens is 2. The first-order valence-electron chi connectivity index (χ1n) is 9.37. The first-order chi connectivity index (χ1) is 14.6. The Morgan fingerprint density at radius 1 is 1.03 bits per heavy atom. The molecule has 0 saturated carbocycles. The van der Waals surface area contributed by atoms with Gasteiger partial charge in [0.15, 0.2) is 0 Å². The predicted molar refractivity (Wildman–Crippen MR) is 116 cm³/mol. The van der Waals surface area contributed by atoms with Gasteiger partial charge in [0.1, 0.15) is 5.75 Å². The maximum Gasteiger partial charge on any atom is 0.259 e. The summed E-state index contributed by atoms with van der Waals surface area (Å²) in [6.07, 6.45) is 0. The van der Waals surface area contributed by atoms with Crippen LogP contribution in [0.5, 0.6) is 5.75 Å². The molecule has 3 aromatic carbocycles. The van der Waals surface area contributed by atoms with Gasteiger partial charge in [-0.3, -0.25) is 4.79 Å². The van der Waals surface area contributed by atoms with Gasteiger partial charge in [0.25, 0.3) is 11.8 Å². The topological polar surface area (TPSA) is 77.2 Å². The van der Waals surface area contributed by atoms with Crippen LogP contribution in [0, 0.1) is 0 Å². The van der Waals surface area contributed by atoms with Gasteiger partial charge < -0.3 is 14.6 Å². The van der Waals surface area contributed by atoms with E-state index in [-0.39, 0.29) is 11.8 Å². The summed E-state index contributed by atoms with van der Waals surface area (Å²) >= 11 is 5.93. The molecule has 30 heavy (non-hydrogen) atoms. The van der Waals surface area contributed by atoms with Crippen molar-refractivity contribution in [1.29, 1.82) is 0 Å². The third-order valence-electron chi connectivity index (χ3n) is 4.35. The number of anilines is 1. The van der Waals surface area contributed by atoms with Crippen molar-refractivity contribution < 1.29 is 14.1 Å². The average molecular weight is 420 g/mol. The van der Waals surface area contributed by atoms with Crippen LogP contribution in [-0.2, 0) is 0 Å². The Morgan fingerprint density at radius 3 is 2.50 bits per heavy atom. The summed E-state index contributed by atoms with van der Waals surface area (Å²) in [5.41, 5.74) is 2.41. The van der Waals surface area contributed by atoms with E-state index in [4.69, 9.17) is 20.9 Å². The van der Waals surface area contributed by atoms with Crippen LogP contribution in [0.15, 0.2) is 77.3 Å². The Kier molecular flexibility index (Phi) is 5.77. The van der Waals surface area contributed by atoms with Crippen molar-refractivity contribution in [3.63, 3.8) is 0 Å². The second-order valence-corrected chi connectivity index (χ2v) is 6.82. The number of carbonyl (C=O) groups excluding carboxylic acids is 1. The van der Waals surface area contributed by atoms with Gasteiger partial charge in [-0.2, -0.15) is 4.98 Å². The van der Waals surface area contributed by atoms with Crippen molar-refractivity contribution in [3.8, 4) is 28.6 Å². The normalized spacial score (nSPS) is 10.6. The fourth-order valence-corrected chi connectivity index (χ4v) is 3.04. The van der Waals surface area contributed by atoms with E-state index in [0.717, 1.165) is 11.3 Å². The van der Waals surface area contributed by atoms with E-state index in [2.05, 4.69) is 15.5 Å². The second kappa shape index (κ2) is 8.80. The first-order valence-corrected chi connectivity index (χ1v) is 9.75. The lowest BCUT2D eigenvalue weighted by atomic mass is 10.1. The minimum Gasteiger partial charge on any atom is -0.494 e. The van der Waals surface area contributed by atoms with Crippen LogP contribution in [0.4, 0.5) is 5.69 Å². The average Bonchev–Trinajstić information content (AvgIpc) is 3.26. The molecular weight excluding hydrogens is 402 g/mol. The summed E-state index contributed by atoms with van der Waals surface area (Å²) in [5, 5.41) is 7.54. The smallest absolute Gasteiger partial charge is 0.259 e. The second-order valence-electron chi connectivity index (χ2n) is 6.39. The van der Waals surface area contributed by atoms with Crippen LogP contribution >= 0.6 is 11.6 Å². The molecule has 7 heteroatoms. The number of halogens is 1. The molecular formula is C23H18ClN3O3. The van der Waals surface area contributed by atoms with Crippen molar-refractivity contribution in [2.45, 2.75) is 6.92 Å². The highest BCUT2D eigenvalue weighted by molar-refractivity contribution is 6.30. The van der Waals surface area contributed by atoms with Crippen molar-refractivity contribution in [3.05, 3.63) is 83.4 Å². The molecule has 0 unspecified atom stereocenters. The number of carbonyl (C=O) groups is 1. The van der Waals surface area contributed by atoms with Gasteiger partial charge in [-0.15, -0.1) is 0 Å². The maximum absolute atomic E-state index is 12.9. The number of hydrogen-bond acceptors (Lipinski definition) is 5. The zero-order valence-corrected chi connectivity index (χ0v) is 16.9. The number of ether oxygens (including phenoxy) is 1. The highest BCUT2D eigenvalue weighted by Gasteiger charge is 2.18. The summed E-state index contributed by atoms with van der Waals surface area (Å²) in [5.74, 6) is 1.15. The molecule has 0 aliphatic rings. The van der Waals surface area contributed by atoms with Crippen molar-refractivity contribution in [2.24, 2.45) is 0 Å². The van der Waals surface area contributed by atoms with Crippen molar-refractivity contribution in [1.82, 2.24) is 10.1 Å². The van der Waals surface area contributed by atoms with E-state index < -0.39 is 0 Å². The summed E-state index contributed by atoms with van der Waals surface area (Å²) in [6.45, 7) is 2.50.